The van der Waals surface area contributed by atoms with E-state index in [2.05, 4.69) is 10.1 Å². The second kappa shape index (κ2) is 8.59. The fourth-order valence-corrected chi connectivity index (χ4v) is 3.08. The molecule has 0 aliphatic heterocycles. The van der Waals surface area contributed by atoms with Crippen molar-refractivity contribution in [2.24, 2.45) is 0 Å². The highest BCUT2D eigenvalue weighted by atomic mass is 32.2. The Morgan fingerprint density at radius 1 is 1.22 bits per heavy atom. The molecule has 138 valence electrons. The number of carbonyl (C=O) groups excluding carboxylic acids is 2. The van der Waals surface area contributed by atoms with Crippen molar-refractivity contribution in [2.45, 2.75) is 17.7 Å². The minimum atomic E-state index is -0.655. The minimum absolute atomic E-state index is 0.259. The van der Waals surface area contributed by atoms with E-state index in [9.17, 15) is 14.0 Å². The molecule has 3 rings (SSSR count). The summed E-state index contributed by atoms with van der Waals surface area (Å²) in [7, 11) is 0. The standard InChI is InChI=1S/C19H15FN2O4S/c1-12-9-15(22-26-12)11-27-18-16(3-2-8-21-18)19(24)25-10-17(23)13-4-6-14(20)7-5-13/h2-9H,10-11H2,1H3. The monoisotopic (exact) mass is 386 g/mol. The van der Waals surface area contributed by atoms with Gasteiger partial charge in [-0.05, 0) is 43.3 Å². The van der Waals surface area contributed by atoms with Gasteiger partial charge in [-0.25, -0.2) is 14.2 Å². The summed E-state index contributed by atoms with van der Waals surface area (Å²) in [5, 5.41) is 4.36. The van der Waals surface area contributed by atoms with Gasteiger partial charge in [-0.2, -0.15) is 0 Å². The summed E-state index contributed by atoms with van der Waals surface area (Å²) < 4.78 is 23.0. The van der Waals surface area contributed by atoms with E-state index < -0.39 is 24.2 Å². The lowest BCUT2D eigenvalue weighted by atomic mass is 10.1. The van der Waals surface area contributed by atoms with Crippen LogP contribution < -0.4 is 0 Å². The van der Waals surface area contributed by atoms with Crippen LogP contribution >= 0.6 is 11.8 Å². The largest absolute Gasteiger partial charge is 0.454 e. The molecule has 0 aliphatic carbocycles. The van der Waals surface area contributed by atoms with Gasteiger partial charge >= 0.3 is 5.97 Å². The summed E-state index contributed by atoms with van der Waals surface area (Å²) in [6.45, 7) is 1.36. The van der Waals surface area contributed by atoms with Crippen molar-refractivity contribution in [3.63, 3.8) is 0 Å². The minimum Gasteiger partial charge on any atom is -0.454 e. The van der Waals surface area contributed by atoms with Crippen LogP contribution in [-0.2, 0) is 10.5 Å². The molecule has 0 unspecified atom stereocenters. The molecule has 0 saturated heterocycles. The number of aromatic nitrogens is 2. The third-order valence-electron chi connectivity index (χ3n) is 3.53. The van der Waals surface area contributed by atoms with Crippen molar-refractivity contribution in [2.75, 3.05) is 6.61 Å². The van der Waals surface area contributed by atoms with Crippen LogP contribution in [0.15, 0.2) is 58.2 Å². The summed E-state index contributed by atoms with van der Waals surface area (Å²) >= 11 is 1.31. The van der Waals surface area contributed by atoms with Crippen molar-refractivity contribution < 1.29 is 23.2 Å². The van der Waals surface area contributed by atoms with E-state index in [0.29, 0.717) is 16.5 Å². The molecule has 2 aromatic heterocycles. The van der Waals surface area contributed by atoms with E-state index in [4.69, 9.17) is 9.26 Å². The van der Waals surface area contributed by atoms with E-state index >= 15 is 0 Å². The molecule has 0 fully saturated rings. The number of rotatable bonds is 7. The molecular weight excluding hydrogens is 371 g/mol. The zero-order chi connectivity index (χ0) is 19.2. The van der Waals surface area contributed by atoms with Crippen molar-refractivity contribution in [3.05, 3.63) is 77.1 Å². The highest BCUT2D eigenvalue weighted by molar-refractivity contribution is 7.98. The van der Waals surface area contributed by atoms with Gasteiger partial charge in [0.15, 0.2) is 12.4 Å². The first kappa shape index (κ1) is 18.8. The number of ether oxygens (including phenoxy) is 1. The molecule has 0 N–H and O–H groups in total. The predicted octanol–water partition coefficient (Wildman–Crippen LogP) is 3.85. The third kappa shape index (κ3) is 5.01. The second-order valence-electron chi connectivity index (χ2n) is 5.58. The van der Waals surface area contributed by atoms with Gasteiger partial charge in [0.2, 0.25) is 0 Å². The predicted molar refractivity (Wildman–Crippen MR) is 96.1 cm³/mol. The Bertz CT molecular complexity index is 956. The van der Waals surface area contributed by atoms with Crippen molar-refractivity contribution in [1.82, 2.24) is 10.1 Å². The zero-order valence-corrected chi connectivity index (χ0v) is 15.2. The molecule has 27 heavy (non-hydrogen) atoms. The number of hydrogen-bond donors (Lipinski definition) is 0. The van der Waals surface area contributed by atoms with Crippen LogP contribution in [0.4, 0.5) is 4.39 Å². The van der Waals surface area contributed by atoms with Crippen molar-refractivity contribution in [1.29, 1.82) is 0 Å². The first-order chi connectivity index (χ1) is 13.0. The van der Waals surface area contributed by atoms with Crippen molar-refractivity contribution in [3.8, 4) is 0 Å². The van der Waals surface area contributed by atoms with E-state index in [1.165, 1.54) is 36.0 Å². The van der Waals surface area contributed by atoms with E-state index in [1.807, 2.05) is 0 Å². The number of aryl methyl sites for hydroxylation is 1. The van der Waals surface area contributed by atoms with Crippen LogP contribution in [0.3, 0.4) is 0 Å². The van der Waals surface area contributed by atoms with Crippen molar-refractivity contribution >= 4 is 23.5 Å². The Hall–Kier alpha value is -3.00. The smallest absolute Gasteiger partial charge is 0.341 e. The topological polar surface area (TPSA) is 82.3 Å². The number of benzene rings is 1. The van der Waals surface area contributed by atoms with Gasteiger partial charge in [0.1, 0.15) is 16.6 Å². The lowest BCUT2D eigenvalue weighted by molar-refractivity contribution is 0.0470. The molecular formula is C19H15FN2O4S. The fourth-order valence-electron chi connectivity index (χ4n) is 2.22. The normalized spacial score (nSPS) is 10.6. The maximum Gasteiger partial charge on any atom is 0.341 e. The number of esters is 1. The van der Waals surface area contributed by atoms with Gasteiger partial charge in [-0.3, -0.25) is 4.79 Å². The number of nitrogens with zero attached hydrogens (tertiary/aromatic N) is 2. The maximum atomic E-state index is 12.9. The van der Waals surface area contributed by atoms with E-state index in [1.54, 1.807) is 31.3 Å². The molecule has 0 atom stereocenters. The van der Waals surface area contributed by atoms with Crippen LogP contribution in [-0.4, -0.2) is 28.5 Å². The number of ketones is 1. The Morgan fingerprint density at radius 3 is 2.70 bits per heavy atom. The average molecular weight is 386 g/mol. The number of Topliss-reactive ketones (excluding diaryl/α,β-unsaturated/α-hetero) is 1. The summed E-state index contributed by atoms with van der Waals surface area (Å²) in [4.78, 5) is 28.6. The van der Waals surface area contributed by atoms with Gasteiger partial charge in [0.05, 0.1) is 11.3 Å². The SMILES string of the molecule is Cc1cc(CSc2ncccc2C(=O)OCC(=O)c2ccc(F)cc2)no1. The average Bonchev–Trinajstić information content (AvgIpc) is 3.10. The first-order valence-corrected chi connectivity index (χ1v) is 8.97. The number of hydrogen-bond acceptors (Lipinski definition) is 7. The molecule has 2 heterocycles. The molecule has 3 aromatic rings. The van der Waals surface area contributed by atoms with Crippen LogP contribution in [0, 0.1) is 12.7 Å². The van der Waals surface area contributed by atoms with Crippen LogP contribution in [0.1, 0.15) is 32.2 Å². The quantitative estimate of drug-likeness (QED) is 0.346. The lowest BCUT2D eigenvalue weighted by Crippen LogP contribution is -2.15. The highest BCUT2D eigenvalue weighted by Gasteiger charge is 2.17. The Balaban J connectivity index is 1.62. The maximum absolute atomic E-state index is 12.9. The summed E-state index contributed by atoms with van der Waals surface area (Å²) in [6, 6.07) is 10.0. The first-order valence-electron chi connectivity index (χ1n) is 7.99. The summed E-state index contributed by atoms with van der Waals surface area (Å²) in [5.74, 6) is -0.339. The van der Waals surface area contributed by atoms with Gasteiger partial charge in [-0.1, -0.05) is 16.9 Å². The van der Waals surface area contributed by atoms with Crippen LogP contribution in [0.2, 0.25) is 0 Å². The summed E-state index contributed by atoms with van der Waals surface area (Å²) in [5.41, 5.74) is 1.26. The van der Waals surface area contributed by atoms with Crippen LogP contribution in [0.5, 0.6) is 0 Å². The molecule has 0 spiro atoms. The van der Waals surface area contributed by atoms with E-state index in [-0.39, 0.29) is 11.1 Å². The lowest BCUT2D eigenvalue weighted by Gasteiger charge is -2.08. The fraction of sp³-hybridized carbons (Fsp3) is 0.158. The van der Waals surface area contributed by atoms with Gasteiger partial charge < -0.3 is 9.26 Å². The molecule has 0 radical (unpaired) electrons. The van der Waals surface area contributed by atoms with Gasteiger partial charge in [0.25, 0.3) is 0 Å². The molecule has 0 amide bonds. The Morgan fingerprint density at radius 2 is 2.00 bits per heavy atom. The number of halogens is 1. The van der Waals surface area contributed by atoms with E-state index in [0.717, 1.165) is 5.69 Å². The third-order valence-corrected chi connectivity index (χ3v) is 4.56. The highest BCUT2D eigenvalue weighted by Crippen LogP contribution is 2.24. The zero-order valence-electron chi connectivity index (χ0n) is 14.3. The molecule has 0 saturated carbocycles. The van der Waals surface area contributed by atoms with Gasteiger partial charge in [0, 0.05) is 23.6 Å². The number of carbonyl (C=O) groups is 2. The Kier molecular flexibility index (Phi) is 5.97. The Labute approximate surface area is 158 Å². The molecule has 0 aliphatic rings. The molecule has 8 heteroatoms. The van der Waals surface area contributed by atoms with Gasteiger partial charge in [-0.15, -0.1) is 0 Å². The number of pyridine rings is 1. The van der Waals surface area contributed by atoms with Crippen LogP contribution in [0.25, 0.3) is 0 Å². The molecule has 1 aromatic carbocycles. The number of thioether (sulfide) groups is 1. The molecule has 0 bridgehead atoms. The summed E-state index contributed by atoms with van der Waals surface area (Å²) in [6.07, 6.45) is 1.57. The molecule has 6 nitrogen and oxygen atoms in total. The second-order valence-corrected chi connectivity index (χ2v) is 6.54.